The molecule has 2 N–H and O–H groups in total. The van der Waals surface area contributed by atoms with E-state index < -0.39 is 23.0 Å². The number of aliphatic hydroxyl groups excluding tert-OH is 2. The molecular weight excluding hydrogens is 364 g/mol. The molecule has 0 fully saturated rings. The highest BCUT2D eigenvalue weighted by atomic mass is 16.5. The molecule has 0 aliphatic heterocycles. The minimum absolute atomic E-state index is 0.350. The van der Waals surface area contributed by atoms with Crippen molar-refractivity contribution in [2.75, 3.05) is 7.11 Å². The maximum absolute atomic E-state index is 11.6. The Bertz CT molecular complexity index is 952. The summed E-state index contributed by atoms with van der Waals surface area (Å²) in [6.45, 7) is 9.97. The van der Waals surface area contributed by atoms with Gasteiger partial charge in [0.15, 0.2) is 0 Å². The number of fused-ring (bicyclic) bond motifs is 1. The number of carbonyl (C=O) groups excluding carboxylic acids is 1. The largest absolute Gasteiger partial charge is 0.465 e. The number of hydrogen-bond donors (Lipinski definition) is 2. The van der Waals surface area contributed by atoms with E-state index in [-0.39, 0.29) is 5.97 Å². The molecule has 1 aliphatic carbocycles. The highest BCUT2D eigenvalue weighted by molar-refractivity contribution is 5.89. The summed E-state index contributed by atoms with van der Waals surface area (Å²) in [5.74, 6) is -0.350. The number of esters is 1. The van der Waals surface area contributed by atoms with E-state index in [2.05, 4.69) is 19.1 Å². The smallest absolute Gasteiger partial charge is 0.337 e. The number of carbonyl (C=O) groups is 1. The third-order valence-electron chi connectivity index (χ3n) is 6.36. The molecule has 0 bridgehead atoms. The zero-order chi connectivity index (χ0) is 21.6. The van der Waals surface area contributed by atoms with Crippen LogP contribution in [0.25, 0.3) is 12.2 Å². The second-order valence-electron chi connectivity index (χ2n) is 9.03. The van der Waals surface area contributed by atoms with Gasteiger partial charge in [0.25, 0.3) is 0 Å². The van der Waals surface area contributed by atoms with Crippen LogP contribution >= 0.6 is 0 Å². The van der Waals surface area contributed by atoms with Gasteiger partial charge < -0.3 is 14.9 Å². The molecule has 0 saturated heterocycles. The second kappa shape index (κ2) is 7.43. The van der Waals surface area contributed by atoms with Gasteiger partial charge >= 0.3 is 5.97 Å². The fraction of sp³-hybridized carbons (Fsp3) is 0.400. The summed E-state index contributed by atoms with van der Waals surface area (Å²) in [7, 11) is 1.37. The van der Waals surface area contributed by atoms with Gasteiger partial charge in [0, 0.05) is 10.8 Å². The van der Waals surface area contributed by atoms with Crippen molar-refractivity contribution in [3.8, 4) is 0 Å². The van der Waals surface area contributed by atoms with E-state index >= 15 is 0 Å². The van der Waals surface area contributed by atoms with E-state index in [1.807, 2.05) is 52.0 Å². The van der Waals surface area contributed by atoms with Crippen LogP contribution in [-0.2, 0) is 15.6 Å². The van der Waals surface area contributed by atoms with Crippen LogP contribution in [0.2, 0.25) is 0 Å². The standard InChI is InChI=1S/C25H30O4/c1-15-13-19-20(25(4,5)22(27)21(26)24(19,2)3)14-18(15)12-9-16-7-10-17(11-8-16)23(28)29-6/h7-14,21-22,26-27H,1-6H3/b12-9+. The lowest BCUT2D eigenvalue weighted by Crippen LogP contribution is -2.56. The molecular formula is C25H30O4. The molecule has 3 rings (SSSR count). The predicted molar refractivity (Wildman–Crippen MR) is 116 cm³/mol. The average Bonchev–Trinajstić information content (AvgIpc) is 2.70. The van der Waals surface area contributed by atoms with Gasteiger partial charge in [-0.1, -0.05) is 64.1 Å². The molecule has 2 atom stereocenters. The van der Waals surface area contributed by atoms with Crippen LogP contribution in [0.4, 0.5) is 0 Å². The number of rotatable bonds is 3. The summed E-state index contributed by atoms with van der Waals surface area (Å²) in [6, 6.07) is 11.5. The Morgan fingerprint density at radius 3 is 1.97 bits per heavy atom. The highest BCUT2D eigenvalue weighted by Crippen LogP contribution is 2.47. The first-order chi connectivity index (χ1) is 13.5. The van der Waals surface area contributed by atoms with Crippen LogP contribution in [0.1, 0.15) is 65.9 Å². The van der Waals surface area contributed by atoms with E-state index in [9.17, 15) is 15.0 Å². The van der Waals surface area contributed by atoms with Crippen LogP contribution in [0.15, 0.2) is 36.4 Å². The van der Waals surface area contributed by atoms with E-state index in [1.54, 1.807) is 12.1 Å². The van der Waals surface area contributed by atoms with E-state index in [1.165, 1.54) is 7.11 Å². The molecule has 1 aliphatic rings. The lowest BCUT2D eigenvalue weighted by molar-refractivity contribution is -0.0673. The molecule has 0 saturated carbocycles. The lowest BCUT2D eigenvalue weighted by atomic mass is 9.59. The van der Waals surface area contributed by atoms with Crippen molar-refractivity contribution in [1.82, 2.24) is 0 Å². The lowest BCUT2D eigenvalue weighted by Gasteiger charge is -2.49. The number of aryl methyl sites for hydroxylation is 1. The number of benzene rings is 2. The van der Waals surface area contributed by atoms with E-state index in [0.29, 0.717) is 5.56 Å². The Morgan fingerprint density at radius 2 is 1.45 bits per heavy atom. The highest BCUT2D eigenvalue weighted by Gasteiger charge is 2.50. The Labute approximate surface area is 172 Å². The van der Waals surface area contributed by atoms with Crippen molar-refractivity contribution in [2.24, 2.45) is 0 Å². The van der Waals surface area contributed by atoms with Crippen LogP contribution in [0.5, 0.6) is 0 Å². The van der Waals surface area contributed by atoms with Crippen LogP contribution < -0.4 is 0 Å². The first kappa shape index (κ1) is 21.3. The minimum Gasteiger partial charge on any atom is -0.465 e. The summed E-state index contributed by atoms with van der Waals surface area (Å²) < 4.78 is 4.73. The van der Waals surface area contributed by atoms with Crippen LogP contribution in [0.3, 0.4) is 0 Å². The van der Waals surface area contributed by atoms with Gasteiger partial charge in [-0.2, -0.15) is 0 Å². The van der Waals surface area contributed by atoms with E-state index in [0.717, 1.165) is 27.8 Å². The number of aliphatic hydroxyl groups is 2. The summed E-state index contributed by atoms with van der Waals surface area (Å²) >= 11 is 0. The van der Waals surface area contributed by atoms with Gasteiger partial charge in [0.05, 0.1) is 24.9 Å². The number of ether oxygens (including phenoxy) is 1. The molecule has 4 nitrogen and oxygen atoms in total. The Kier molecular flexibility index (Phi) is 5.46. The van der Waals surface area contributed by atoms with Crippen molar-refractivity contribution < 1.29 is 19.7 Å². The topological polar surface area (TPSA) is 66.8 Å². The number of hydrogen-bond acceptors (Lipinski definition) is 4. The van der Waals surface area contributed by atoms with Gasteiger partial charge in [0.2, 0.25) is 0 Å². The summed E-state index contributed by atoms with van der Waals surface area (Å²) in [6.07, 6.45) is 2.39. The zero-order valence-electron chi connectivity index (χ0n) is 18.0. The molecule has 154 valence electrons. The minimum atomic E-state index is -0.838. The fourth-order valence-corrected chi connectivity index (χ4v) is 4.11. The van der Waals surface area contributed by atoms with Gasteiger partial charge in [-0.25, -0.2) is 4.79 Å². The van der Waals surface area contributed by atoms with Crippen molar-refractivity contribution in [1.29, 1.82) is 0 Å². The maximum Gasteiger partial charge on any atom is 0.337 e. The molecule has 2 aromatic carbocycles. The molecule has 29 heavy (non-hydrogen) atoms. The number of methoxy groups -OCH3 is 1. The molecule has 0 radical (unpaired) electrons. The third kappa shape index (κ3) is 3.63. The Hall–Kier alpha value is -2.43. The summed E-state index contributed by atoms with van der Waals surface area (Å²) in [5, 5.41) is 21.4. The van der Waals surface area contributed by atoms with Gasteiger partial charge in [-0.15, -0.1) is 0 Å². The van der Waals surface area contributed by atoms with Gasteiger partial charge in [-0.3, -0.25) is 0 Å². The van der Waals surface area contributed by atoms with Gasteiger partial charge in [-0.05, 0) is 46.9 Å². The fourth-order valence-electron chi connectivity index (χ4n) is 4.11. The molecule has 2 unspecified atom stereocenters. The average molecular weight is 395 g/mol. The summed E-state index contributed by atoms with van der Waals surface area (Å²) in [5.41, 5.74) is 4.73. The monoisotopic (exact) mass is 394 g/mol. The SMILES string of the molecule is COC(=O)c1ccc(/C=C/c2cc3c(cc2C)C(C)(C)C(O)C(O)C3(C)C)cc1. The van der Waals surface area contributed by atoms with Crippen molar-refractivity contribution >= 4 is 18.1 Å². The Balaban J connectivity index is 1.99. The normalized spacial score (nSPS) is 22.3. The zero-order valence-corrected chi connectivity index (χ0v) is 18.0. The maximum atomic E-state index is 11.6. The molecule has 0 amide bonds. The Morgan fingerprint density at radius 1 is 0.931 bits per heavy atom. The van der Waals surface area contributed by atoms with Gasteiger partial charge in [0.1, 0.15) is 0 Å². The van der Waals surface area contributed by atoms with Crippen LogP contribution in [-0.4, -0.2) is 35.5 Å². The summed E-state index contributed by atoms with van der Waals surface area (Å²) in [4.78, 5) is 11.6. The molecule has 0 aromatic heterocycles. The van der Waals surface area contributed by atoms with Crippen molar-refractivity contribution in [3.63, 3.8) is 0 Å². The molecule has 2 aromatic rings. The molecule has 0 heterocycles. The van der Waals surface area contributed by atoms with E-state index in [4.69, 9.17) is 4.74 Å². The first-order valence-electron chi connectivity index (χ1n) is 9.88. The van der Waals surface area contributed by atoms with Crippen molar-refractivity contribution in [3.05, 3.63) is 69.8 Å². The van der Waals surface area contributed by atoms with Crippen molar-refractivity contribution in [2.45, 2.75) is 57.7 Å². The third-order valence-corrected chi connectivity index (χ3v) is 6.36. The molecule has 0 spiro atoms. The second-order valence-corrected chi connectivity index (χ2v) is 9.03. The predicted octanol–water partition coefficient (Wildman–Crippen LogP) is 4.24. The molecule has 4 heteroatoms. The quantitative estimate of drug-likeness (QED) is 0.604. The first-order valence-corrected chi connectivity index (χ1v) is 9.88. The van der Waals surface area contributed by atoms with Crippen LogP contribution in [0, 0.1) is 6.92 Å².